The van der Waals surface area contributed by atoms with E-state index in [2.05, 4.69) is 32.6 Å². The standard InChI is InChI=1S/C9H9O2.3C4H9.Sn/c1-4-5-9(11)7(3)6(2)8(9)10;3*1-3-4-2;/h1-3H3;3*1,3-4H2,2H3;/q-1;;;;+1. The summed E-state index contributed by atoms with van der Waals surface area (Å²) in [6, 6.07) is 0. The van der Waals surface area contributed by atoms with E-state index in [9.17, 15) is 4.79 Å². The van der Waals surface area contributed by atoms with Gasteiger partial charge in [0, 0.05) is 0 Å². The van der Waals surface area contributed by atoms with Gasteiger partial charge in [0.25, 0.3) is 0 Å². The van der Waals surface area contributed by atoms with E-state index in [-0.39, 0.29) is 5.78 Å². The monoisotopic (exact) mass is 440 g/mol. The molecule has 0 saturated carbocycles. The van der Waals surface area contributed by atoms with E-state index >= 15 is 0 Å². The summed E-state index contributed by atoms with van der Waals surface area (Å²) in [5.41, 5.74) is 1.04. The molecule has 1 unspecified atom stereocenters. The zero-order chi connectivity index (χ0) is 18.2. The van der Waals surface area contributed by atoms with Gasteiger partial charge in [-0.05, 0) is 0 Å². The van der Waals surface area contributed by atoms with Crippen LogP contribution < -0.4 is 0 Å². The molecule has 1 aliphatic rings. The summed E-state index contributed by atoms with van der Waals surface area (Å²) < 4.78 is 10.6. The summed E-state index contributed by atoms with van der Waals surface area (Å²) in [5, 5.41) is 0. The number of ketones is 1. The number of rotatable bonds is 11. The Morgan fingerprint density at radius 2 is 1.42 bits per heavy atom. The molecule has 0 aromatic heterocycles. The maximum absolute atomic E-state index is 12.7. The molecule has 0 bridgehead atoms. The van der Waals surface area contributed by atoms with Crippen LogP contribution in [-0.4, -0.2) is 30.2 Å². The van der Waals surface area contributed by atoms with E-state index in [1.807, 2.05) is 20.8 Å². The van der Waals surface area contributed by atoms with Gasteiger partial charge in [-0.15, -0.1) is 0 Å². The molecule has 2 nitrogen and oxygen atoms in total. The third kappa shape index (κ3) is 4.67. The second-order valence-corrected chi connectivity index (χ2v) is 18.8. The molecule has 0 saturated heterocycles. The topological polar surface area (TPSA) is 26.3 Å². The number of Topliss-reactive ketones (excluding diaryl/α,β-unsaturated/α-hetero) is 1. The first kappa shape index (κ1) is 21.8. The molecule has 1 atom stereocenters. The van der Waals surface area contributed by atoms with Crippen molar-refractivity contribution < 1.29 is 7.87 Å². The van der Waals surface area contributed by atoms with Crippen molar-refractivity contribution in [3.63, 3.8) is 0 Å². The Balaban J connectivity index is 3.19. The predicted molar refractivity (Wildman–Crippen MR) is 106 cm³/mol. The van der Waals surface area contributed by atoms with Crippen LogP contribution >= 0.6 is 0 Å². The van der Waals surface area contributed by atoms with Gasteiger partial charge in [-0.3, -0.25) is 0 Å². The van der Waals surface area contributed by atoms with Gasteiger partial charge in [0.1, 0.15) is 0 Å². The van der Waals surface area contributed by atoms with Crippen LogP contribution in [0.25, 0.3) is 0 Å². The van der Waals surface area contributed by atoms with E-state index in [4.69, 9.17) is 3.07 Å². The second-order valence-electron chi connectivity index (χ2n) is 7.23. The van der Waals surface area contributed by atoms with E-state index in [0.717, 1.165) is 11.1 Å². The molecular formula is C21H36O2Sn. The number of unbranched alkanes of at least 4 members (excludes halogenated alkanes) is 3. The van der Waals surface area contributed by atoms with Crippen LogP contribution in [0.5, 0.6) is 0 Å². The molecule has 0 aromatic carbocycles. The SMILES string of the molecule is CC#CC1([O][Sn]([CH2]CCC)([CH2]CCC)[CH2]CCC)C(=O)C(C)=C1C. The summed E-state index contributed by atoms with van der Waals surface area (Å²) in [6.07, 6.45) is 7.30. The zero-order valence-electron chi connectivity index (χ0n) is 16.7. The molecule has 24 heavy (non-hydrogen) atoms. The van der Waals surface area contributed by atoms with Gasteiger partial charge in [0.15, 0.2) is 0 Å². The van der Waals surface area contributed by atoms with Gasteiger partial charge in [0.2, 0.25) is 0 Å². The van der Waals surface area contributed by atoms with Crippen molar-refractivity contribution in [2.75, 3.05) is 0 Å². The van der Waals surface area contributed by atoms with E-state index in [0.29, 0.717) is 0 Å². The number of hydrogen-bond donors (Lipinski definition) is 0. The van der Waals surface area contributed by atoms with Crippen molar-refractivity contribution in [3.05, 3.63) is 11.1 Å². The van der Waals surface area contributed by atoms with E-state index in [1.165, 1.54) is 51.8 Å². The van der Waals surface area contributed by atoms with Crippen molar-refractivity contribution in [3.8, 4) is 11.8 Å². The summed E-state index contributed by atoms with van der Waals surface area (Å²) >= 11 is -2.87. The normalized spacial score (nSPS) is 20.7. The summed E-state index contributed by atoms with van der Waals surface area (Å²) in [7, 11) is 0. The van der Waals surface area contributed by atoms with Crippen LogP contribution in [0.4, 0.5) is 0 Å². The first-order valence-electron chi connectivity index (χ1n) is 9.79. The molecule has 0 spiro atoms. The van der Waals surface area contributed by atoms with Crippen LogP contribution in [-0.2, 0) is 7.87 Å². The Bertz CT molecular complexity index is 502. The molecule has 0 fully saturated rings. The van der Waals surface area contributed by atoms with Crippen LogP contribution in [0.15, 0.2) is 11.1 Å². The van der Waals surface area contributed by atoms with Crippen molar-refractivity contribution in [1.29, 1.82) is 0 Å². The Kier molecular flexibility index (Phi) is 9.09. The molecule has 0 radical (unpaired) electrons. The number of hydrogen-bond acceptors (Lipinski definition) is 2. The van der Waals surface area contributed by atoms with Crippen molar-refractivity contribution in [2.24, 2.45) is 0 Å². The first-order valence-corrected chi connectivity index (χ1v) is 17.0. The van der Waals surface area contributed by atoms with Crippen molar-refractivity contribution in [1.82, 2.24) is 0 Å². The second kappa shape index (κ2) is 10.0. The summed E-state index contributed by atoms with van der Waals surface area (Å²) in [6.45, 7) is 12.5. The molecule has 0 amide bonds. The number of carbonyl (C=O) groups is 1. The molecule has 0 aliphatic heterocycles. The zero-order valence-corrected chi connectivity index (χ0v) is 19.5. The Morgan fingerprint density at radius 1 is 0.958 bits per heavy atom. The van der Waals surface area contributed by atoms with Crippen molar-refractivity contribution in [2.45, 2.75) is 99.0 Å². The Labute approximate surface area is 154 Å². The van der Waals surface area contributed by atoms with Crippen LogP contribution in [0.3, 0.4) is 0 Å². The van der Waals surface area contributed by atoms with Gasteiger partial charge < -0.3 is 0 Å². The molecular weight excluding hydrogens is 403 g/mol. The Hall–Kier alpha value is -0.271. The van der Waals surface area contributed by atoms with Crippen LogP contribution in [0.2, 0.25) is 13.3 Å². The third-order valence-corrected chi connectivity index (χ3v) is 18.3. The fraction of sp³-hybridized carbons (Fsp3) is 0.762. The molecule has 1 rings (SSSR count). The fourth-order valence-corrected chi connectivity index (χ4v) is 17.9. The van der Waals surface area contributed by atoms with Crippen molar-refractivity contribution >= 4 is 24.6 Å². The molecule has 0 heterocycles. The van der Waals surface area contributed by atoms with Gasteiger partial charge in [0.05, 0.1) is 0 Å². The van der Waals surface area contributed by atoms with Gasteiger partial charge in [-0.1, -0.05) is 0 Å². The van der Waals surface area contributed by atoms with E-state index < -0.39 is 24.4 Å². The minimum absolute atomic E-state index is 0.125. The fourth-order valence-electron chi connectivity index (χ4n) is 3.63. The summed E-state index contributed by atoms with van der Waals surface area (Å²) in [4.78, 5) is 12.7. The summed E-state index contributed by atoms with van der Waals surface area (Å²) in [5.74, 6) is 6.29. The predicted octanol–water partition coefficient (Wildman–Crippen LogP) is 6.03. The molecule has 136 valence electrons. The molecule has 0 aromatic rings. The molecule has 1 aliphatic carbocycles. The van der Waals surface area contributed by atoms with Gasteiger partial charge >= 0.3 is 154 Å². The Morgan fingerprint density at radius 3 is 1.75 bits per heavy atom. The minimum atomic E-state index is -2.87. The van der Waals surface area contributed by atoms with Gasteiger partial charge in [-0.2, -0.15) is 0 Å². The van der Waals surface area contributed by atoms with Gasteiger partial charge in [-0.25, -0.2) is 0 Å². The average Bonchev–Trinajstić information content (AvgIpc) is 2.60. The van der Waals surface area contributed by atoms with Crippen LogP contribution in [0, 0.1) is 11.8 Å². The van der Waals surface area contributed by atoms with E-state index in [1.54, 1.807) is 0 Å². The van der Waals surface area contributed by atoms with Crippen LogP contribution in [0.1, 0.15) is 80.1 Å². The molecule has 0 N–H and O–H groups in total. The average molecular weight is 439 g/mol. The third-order valence-electron chi connectivity index (χ3n) is 5.38. The first-order chi connectivity index (χ1) is 11.4. The molecule has 3 heteroatoms. The maximum atomic E-state index is 12.7. The number of carbonyl (C=O) groups excluding carboxylic acids is 1. The quantitative estimate of drug-likeness (QED) is 0.290.